The number of rotatable bonds is 3. The molecule has 1 amide bonds. The standard InChI is InChI=1S/C14H16N4O/c1-14(6-7-14)17-13(19)11-8-9-4-2-3-5-10(9)12(16-11)18-15/h2-5,8H,6-7,15H2,1H3,(H,16,18)(H,17,19). The van der Waals surface area contributed by atoms with E-state index in [9.17, 15) is 4.79 Å². The van der Waals surface area contributed by atoms with Crippen molar-refractivity contribution in [2.24, 2.45) is 5.84 Å². The summed E-state index contributed by atoms with van der Waals surface area (Å²) >= 11 is 0. The van der Waals surface area contributed by atoms with Gasteiger partial charge in [-0.1, -0.05) is 24.3 Å². The largest absolute Gasteiger partial charge is 0.346 e. The van der Waals surface area contributed by atoms with Crippen LogP contribution in [0.15, 0.2) is 30.3 Å². The van der Waals surface area contributed by atoms with Gasteiger partial charge < -0.3 is 10.7 Å². The predicted octanol–water partition coefficient (Wildman–Crippen LogP) is 1.80. The fourth-order valence-corrected chi connectivity index (χ4v) is 2.08. The molecule has 4 N–H and O–H groups in total. The highest BCUT2D eigenvalue weighted by molar-refractivity contribution is 6.00. The van der Waals surface area contributed by atoms with Gasteiger partial charge in [0, 0.05) is 10.9 Å². The normalized spacial score (nSPS) is 16.1. The van der Waals surface area contributed by atoms with Gasteiger partial charge in [0.2, 0.25) is 0 Å². The van der Waals surface area contributed by atoms with Gasteiger partial charge in [-0.2, -0.15) is 0 Å². The molecule has 0 atom stereocenters. The Morgan fingerprint density at radius 3 is 2.79 bits per heavy atom. The second kappa shape index (κ2) is 4.20. The van der Waals surface area contributed by atoms with E-state index in [4.69, 9.17) is 5.84 Å². The topological polar surface area (TPSA) is 80.0 Å². The zero-order valence-corrected chi connectivity index (χ0v) is 10.7. The number of anilines is 1. The van der Waals surface area contributed by atoms with Crippen LogP contribution in [0, 0.1) is 0 Å². The van der Waals surface area contributed by atoms with Gasteiger partial charge in [-0.05, 0) is 31.2 Å². The Kier molecular flexibility index (Phi) is 2.64. The lowest BCUT2D eigenvalue weighted by atomic mass is 10.1. The Labute approximate surface area is 111 Å². The van der Waals surface area contributed by atoms with Crippen molar-refractivity contribution in [3.63, 3.8) is 0 Å². The van der Waals surface area contributed by atoms with Crippen LogP contribution < -0.4 is 16.6 Å². The first-order chi connectivity index (χ1) is 9.11. The Bertz CT molecular complexity index is 649. The summed E-state index contributed by atoms with van der Waals surface area (Å²) in [5.74, 6) is 5.85. The zero-order valence-electron chi connectivity index (χ0n) is 10.7. The summed E-state index contributed by atoms with van der Waals surface area (Å²) in [7, 11) is 0. The highest BCUT2D eigenvalue weighted by atomic mass is 16.2. The molecule has 1 aliphatic rings. The third kappa shape index (κ3) is 2.24. The third-order valence-electron chi connectivity index (χ3n) is 3.53. The maximum atomic E-state index is 12.2. The number of nitrogen functional groups attached to an aromatic ring is 1. The summed E-state index contributed by atoms with van der Waals surface area (Å²) in [6, 6.07) is 9.48. The number of hydrogen-bond acceptors (Lipinski definition) is 4. The minimum absolute atomic E-state index is 0.0548. The minimum Gasteiger partial charge on any atom is -0.346 e. The number of hydrogen-bond donors (Lipinski definition) is 3. The maximum Gasteiger partial charge on any atom is 0.270 e. The van der Waals surface area contributed by atoms with E-state index >= 15 is 0 Å². The molecule has 5 nitrogen and oxygen atoms in total. The molecule has 98 valence electrons. The van der Waals surface area contributed by atoms with Gasteiger partial charge in [0.1, 0.15) is 11.5 Å². The molecule has 2 aromatic rings. The molecule has 1 aliphatic carbocycles. The fourth-order valence-electron chi connectivity index (χ4n) is 2.08. The van der Waals surface area contributed by atoms with Crippen molar-refractivity contribution < 1.29 is 4.79 Å². The Balaban J connectivity index is 2.01. The Hall–Kier alpha value is -2.14. The molecular weight excluding hydrogens is 240 g/mol. The van der Waals surface area contributed by atoms with Gasteiger partial charge in [0.15, 0.2) is 0 Å². The summed E-state index contributed by atoms with van der Waals surface area (Å²) in [4.78, 5) is 16.5. The van der Waals surface area contributed by atoms with Crippen LogP contribution in [0.4, 0.5) is 5.82 Å². The van der Waals surface area contributed by atoms with Crippen molar-refractivity contribution in [2.45, 2.75) is 25.3 Å². The maximum absolute atomic E-state index is 12.2. The van der Waals surface area contributed by atoms with E-state index in [1.54, 1.807) is 6.07 Å². The lowest BCUT2D eigenvalue weighted by Crippen LogP contribution is -2.34. The van der Waals surface area contributed by atoms with E-state index in [2.05, 4.69) is 15.7 Å². The number of nitrogens with two attached hydrogens (primary N) is 1. The highest BCUT2D eigenvalue weighted by Crippen LogP contribution is 2.34. The quantitative estimate of drug-likeness (QED) is 0.578. The summed E-state index contributed by atoms with van der Waals surface area (Å²) in [5, 5.41) is 4.84. The van der Waals surface area contributed by atoms with Crippen LogP contribution in [0.3, 0.4) is 0 Å². The molecule has 1 saturated carbocycles. The van der Waals surface area contributed by atoms with Gasteiger partial charge in [0.25, 0.3) is 5.91 Å². The van der Waals surface area contributed by atoms with Crippen LogP contribution in [0.2, 0.25) is 0 Å². The van der Waals surface area contributed by atoms with Gasteiger partial charge in [-0.15, -0.1) is 0 Å². The molecule has 1 heterocycles. The zero-order chi connectivity index (χ0) is 13.5. The van der Waals surface area contributed by atoms with E-state index < -0.39 is 0 Å². The molecule has 19 heavy (non-hydrogen) atoms. The first-order valence-electron chi connectivity index (χ1n) is 6.30. The molecule has 1 fully saturated rings. The first kappa shape index (κ1) is 11.9. The predicted molar refractivity (Wildman–Crippen MR) is 74.7 cm³/mol. The Morgan fingerprint density at radius 2 is 2.11 bits per heavy atom. The SMILES string of the molecule is CC1(NC(=O)c2cc3ccccc3c(NN)n2)CC1. The van der Waals surface area contributed by atoms with E-state index in [0.29, 0.717) is 11.5 Å². The van der Waals surface area contributed by atoms with Crippen LogP contribution in [-0.4, -0.2) is 16.4 Å². The summed E-state index contributed by atoms with van der Waals surface area (Å²) < 4.78 is 0. The fraction of sp³-hybridized carbons (Fsp3) is 0.286. The molecule has 0 unspecified atom stereocenters. The van der Waals surface area contributed by atoms with Crippen molar-refractivity contribution in [1.82, 2.24) is 10.3 Å². The second-order valence-corrected chi connectivity index (χ2v) is 5.24. The molecule has 3 rings (SSSR count). The van der Waals surface area contributed by atoms with Crippen molar-refractivity contribution in [3.05, 3.63) is 36.0 Å². The smallest absolute Gasteiger partial charge is 0.270 e. The third-order valence-corrected chi connectivity index (χ3v) is 3.53. The number of pyridine rings is 1. The van der Waals surface area contributed by atoms with Crippen LogP contribution >= 0.6 is 0 Å². The van der Waals surface area contributed by atoms with Crippen LogP contribution in [0.5, 0.6) is 0 Å². The van der Waals surface area contributed by atoms with Gasteiger partial charge in [-0.3, -0.25) is 4.79 Å². The summed E-state index contributed by atoms with van der Waals surface area (Å²) in [5.41, 5.74) is 2.89. The summed E-state index contributed by atoms with van der Waals surface area (Å²) in [6.45, 7) is 2.04. The number of aromatic nitrogens is 1. The number of nitrogens with zero attached hydrogens (tertiary/aromatic N) is 1. The van der Waals surface area contributed by atoms with Gasteiger partial charge >= 0.3 is 0 Å². The number of carbonyl (C=O) groups is 1. The molecule has 1 aromatic heterocycles. The van der Waals surface area contributed by atoms with Crippen LogP contribution in [-0.2, 0) is 0 Å². The molecule has 1 aromatic carbocycles. The highest BCUT2D eigenvalue weighted by Gasteiger charge is 2.39. The average molecular weight is 256 g/mol. The second-order valence-electron chi connectivity index (χ2n) is 5.24. The first-order valence-corrected chi connectivity index (χ1v) is 6.30. The van der Waals surface area contributed by atoms with E-state index in [-0.39, 0.29) is 11.4 Å². The molecule has 5 heteroatoms. The number of fused-ring (bicyclic) bond motifs is 1. The number of benzene rings is 1. The van der Waals surface area contributed by atoms with Crippen molar-refractivity contribution in [1.29, 1.82) is 0 Å². The molecule has 0 radical (unpaired) electrons. The van der Waals surface area contributed by atoms with Gasteiger partial charge in [-0.25, -0.2) is 10.8 Å². The number of carbonyl (C=O) groups excluding carboxylic acids is 1. The number of amides is 1. The van der Waals surface area contributed by atoms with Crippen molar-refractivity contribution in [3.8, 4) is 0 Å². The molecule has 0 saturated heterocycles. The molecule has 0 spiro atoms. The van der Waals surface area contributed by atoms with E-state index in [1.807, 2.05) is 31.2 Å². The van der Waals surface area contributed by atoms with E-state index in [1.165, 1.54) is 0 Å². The molecule has 0 aliphatic heterocycles. The van der Waals surface area contributed by atoms with Crippen LogP contribution in [0.1, 0.15) is 30.3 Å². The number of hydrazine groups is 1. The van der Waals surface area contributed by atoms with Crippen molar-refractivity contribution in [2.75, 3.05) is 5.43 Å². The van der Waals surface area contributed by atoms with Gasteiger partial charge in [0.05, 0.1) is 0 Å². The monoisotopic (exact) mass is 256 g/mol. The lowest BCUT2D eigenvalue weighted by Gasteiger charge is -2.12. The van der Waals surface area contributed by atoms with Crippen LogP contribution in [0.25, 0.3) is 10.8 Å². The minimum atomic E-state index is -0.151. The average Bonchev–Trinajstić information content (AvgIpc) is 3.14. The van der Waals surface area contributed by atoms with Crippen molar-refractivity contribution >= 4 is 22.5 Å². The summed E-state index contributed by atoms with van der Waals surface area (Å²) in [6.07, 6.45) is 2.04. The molecule has 0 bridgehead atoms. The number of nitrogens with one attached hydrogen (secondary N) is 2. The van der Waals surface area contributed by atoms with E-state index in [0.717, 1.165) is 23.6 Å². The Morgan fingerprint density at radius 1 is 1.37 bits per heavy atom. The molecular formula is C14H16N4O. The lowest BCUT2D eigenvalue weighted by molar-refractivity contribution is 0.0930.